The van der Waals surface area contributed by atoms with Gasteiger partial charge in [0.1, 0.15) is 0 Å². The van der Waals surface area contributed by atoms with E-state index < -0.39 is 12.1 Å². The van der Waals surface area contributed by atoms with Crippen molar-refractivity contribution in [1.82, 2.24) is 5.64 Å². The molecule has 0 amide bonds. The Labute approximate surface area is 46.0 Å². The minimum Gasteiger partial charge on any atom is -0.342 e. The highest BCUT2D eigenvalue weighted by molar-refractivity contribution is 5.77. The molecule has 1 N–H and O–H groups in total. The van der Waals surface area contributed by atoms with Gasteiger partial charge < -0.3 is 4.84 Å². The van der Waals surface area contributed by atoms with Gasteiger partial charge in [-0.05, 0) is 11.7 Å². The summed E-state index contributed by atoms with van der Waals surface area (Å²) in [5.41, 5.74) is 1.95. The molecule has 1 atom stereocenters. The van der Waals surface area contributed by atoms with E-state index in [0.717, 1.165) is 0 Å². The van der Waals surface area contributed by atoms with Crippen LogP contribution in [0.4, 0.5) is 0 Å². The highest BCUT2D eigenvalue weighted by Gasteiger charge is 2.24. The summed E-state index contributed by atoms with van der Waals surface area (Å²) < 4.78 is 0. The van der Waals surface area contributed by atoms with E-state index in [0.29, 0.717) is 0 Å². The minimum atomic E-state index is -0.644. The molecule has 0 aromatic heterocycles. The van der Waals surface area contributed by atoms with Crippen molar-refractivity contribution in [2.75, 3.05) is 0 Å². The predicted octanol–water partition coefficient (Wildman–Crippen LogP) is -0.466. The second kappa shape index (κ2) is 1.94. The lowest BCUT2D eigenvalue weighted by Gasteiger charge is -1.88. The lowest BCUT2D eigenvalue weighted by Crippen LogP contribution is -2.11. The molecule has 1 aliphatic rings. The summed E-state index contributed by atoms with van der Waals surface area (Å²) in [4.78, 5) is 19.0. The third-order valence-electron chi connectivity index (χ3n) is 0.764. The third-order valence-corrected chi connectivity index (χ3v) is 0.764. The average molecular weight is 115 g/mol. The summed E-state index contributed by atoms with van der Waals surface area (Å²) >= 11 is 0. The molecule has 0 radical (unpaired) electrons. The van der Waals surface area contributed by atoms with Crippen molar-refractivity contribution in [3.05, 3.63) is 12.7 Å². The standard InChI is InChI=1S/C4H5NO3/c1-2-3-4(6)8-5-7-3/h2-3,5H,1H2. The fourth-order valence-corrected chi connectivity index (χ4v) is 0.367. The molecule has 1 fully saturated rings. The van der Waals surface area contributed by atoms with Gasteiger partial charge in [0.2, 0.25) is 0 Å². The zero-order valence-corrected chi connectivity index (χ0v) is 4.09. The van der Waals surface area contributed by atoms with Gasteiger partial charge in [-0.2, -0.15) is 0 Å². The van der Waals surface area contributed by atoms with E-state index in [2.05, 4.69) is 16.3 Å². The Hall–Kier alpha value is -0.870. The van der Waals surface area contributed by atoms with Crippen molar-refractivity contribution in [3.8, 4) is 0 Å². The Kier molecular flexibility index (Phi) is 1.27. The molecule has 8 heavy (non-hydrogen) atoms. The number of hydrogen-bond donors (Lipinski definition) is 1. The van der Waals surface area contributed by atoms with Crippen LogP contribution in [0.3, 0.4) is 0 Å². The van der Waals surface area contributed by atoms with Crippen molar-refractivity contribution in [2.24, 2.45) is 0 Å². The van der Waals surface area contributed by atoms with Crippen LogP contribution in [0.2, 0.25) is 0 Å². The second-order valence-corrected chi connectivity index (χ2v) is 1.28. The third kappa shape index (κ3) is 0.706. The fourth-order valence-electron chi connectivity index (χ4n) is 0.367. The molecule has 1 saturated heterocycles. The van der Waals surface area contributed by atoms with Crippen LogP contribution in [0.25, 0.3) is 0 Å². The highest BCUT2D eigenvalue weighted by Crippen LogP contribution is 1.99. The van der Waals surface area contributed by atoms with E-state index in [4.69, 9.17) is 0 Å². The van der Waals surface area contributed by atoms with E-state index in [1.165, 1.54) is 6.08 Å². The largest absolute Gasteiger partial charge is 0.362 e. The molecule has 4 heteroatoms. The molecule has 1 unspecified atom stereocenters. The molecule has 0 bridgehead atoms. The summed E-state index contributed by atoms with van der Waals surface area (Å²) in [7, 11) is 0. The van der Waals surface area contributed by atoms with E-state index in [1.54, 1.807) is 0 Å². The number of nitrogens with one attached hydrogen (secondary N) is 1. The number of carbonyl (C=O) groups excluding carboxylic acids is 1. The van der Waals surface area contributed by atoms with Crippen molar-refractivity contribution in [3.63, 3.8) is 0 Å². The summed E-state index contributed by atoms with van der Waals surface area (Å²) in [6.07, 6.45) is 0.706. The average Bonchev–Trinajstić information content (AvgIpc) is 2.14. The Morgan fingerprint density at radius 3 is 2.88 bits per heavy atom. The van der Waals surface area contributed by atoms with E-state index in [1.807, 2.05) is 5.64 Å². The zero-order chi connectivity index (χ0) is 5.98. The van der Waals surface area contributed by atoms with E-state index in [-0.39, 0.29) is 0 Å². The van der Waals surface area contributed by atoms with Crippen LogP contribution in [0, 0.1) is 0 Å². The van der Waals surface area contributed by atoms with Crippen LogP contribution in [-0.4, -0.2) is 12.1 Å². The maximum absolute atomic E-state index is 10.3. The van der Waals surface area contributed by atoms with Crippen molar-refractivity contribution >= 4 is 5.97 Å². The van der Waals surface area contributed by atoms with Gasteiger partial charge in [0.05, 0.1) is 0 Å². The molecule has 0 aliphatic carbocycles. The molecule has 44 valence electrons. The molecule has 1 aliphatic heterocycles. The van der Waals surface area contributed by atoms with Gasteiger partial charge in [0, 0.05) is 0 Å². The summed E-state index contributed by atoms with van der Waals surface area (Å²) in [6, 6.07) is 0. The van der Waals surface area contributed by atoms with Gasteiger partial charge in [-0.25, -0.2) is 9.63 Å². The normalized spacial score (nSPS) is 27.5. The summed E-state index contributed by atoms with van der Waals surface area (Å²) in [5, 5.41) is 0. The van der Waals surface area contributed by atoms with Crippen LogP contribution in [0.15, 0.2) is 12.7 Å². The van der Waals surface area contributed by atoms with Gasteiger partial charge in [-0.1, -0.05) is 6.58 Å². The smallest absolute Gasteiger partial charge is 0.342 e. The molecule has 1 heterocycles. The first-order chi connectivity index (χ1) is 3.84. The minimum absolute atomic E-state index is 0.458. The first kappa shape index (κ1) is 5.27. The summed E-state index contributed by atoms with van der Waals surface area (Å²) in [6.45, 7) is 3.33. The van der Waals surface area contributed by atoms with Crippen LogP contribution < -0.4 is 5.64 Å². The lowest BCUT2D eigenvalue weighted by atomic mass is 10.4. The van der Waals surface area contributed by atoms with Crippen LogP contribution >= 0.6 is 0 Å². The van der Waals surface area contributed by atoms with Crippen molar-refractivity contribution < 1.29 is 14.5 Å². The van der Waals surface area contributed by atoms with Crippen LogP contribution in [0.5, 0.6) is 0 Å². The Morgan fingerprint density at radius 2 is 2.62 bits per heavy atom. The SMILES string of the molecule is C=CC1ONOC1=O. The zero-order valence-electron chi connectivity index (χ0n) is 4.09. The Morgan fingerprint density at radius 1 is 1.88 bits per heavy atom. The number of hydrogen-bond acceptors (Lipinski definition) is 4. The molecule has 0 aromatic carbocycles. The fraction of sp³-hybridized carbons (Fsp3) is 0.250. The molecule has 0 aromatic rings. The van der Waals surface area contributed by atoms with Crippen LogP contribution in [-0.2, 0) is 14.5 Å². The quantitative estimate of drug-likeness (QED) is 0.469. The van der Waals surface area contributed by atoms with Crippen molar-refractivity contribution in [2.45, 2.75) is 6.10 Å². The Bertz CT molecular complexity index is 122. The van der Waals surface area contributed by atoms with Crippen LogP contribution in [0.1, 0.15) is 0 Å². The van der Waals surface area contributed by atoms with Gasteiger partial charge in [-0.3, -0.25) is 0 Å². The lowest BCUT2D eigenvalue weighted by molar-refractivity contribution is -0.147. The number of carbonyl (C=O) groups is 1. The Balaban J connectivity index is 2.54. The predicted molar refractivity (Wildman–Crippen MR) is 24.3 cm³/mol. The second-order valence-electron chi connectivity index (χ2n) is 1.28. The van der Waals surface area contributed by atoms with Gasteiger partial charge in [0.15, 0.2) is 6.10 Å². The van der Waals surface area contributed by atoms with Gasteiger partial charge in [0.25, 0.3) is 0 Å². The molecule has 0 saturated carbocycles. The molecule has 0 spiro atoms. The molecule has 4 nitrogen and oxygen atoms in total. The molecular weight excluding hydrogens is 110 g/mol. The topological polar surface area (TPSA) is 47.6 Å². The van der Waals surface area contributed by atoms with Crippen molar-refractivity contribution in [1.29, 1.82) is 0 Å². The monoisotopic (exact) mass is 115 g/mol. The number of rotatable bonds is 1. The molecule has 1 rings (SSSR count). The highest BCUT2D eigenvalue weighted by atomic mass is 17.0. The maximum Gasteiger partial charge on any atom is 0.362 e. The summed E-state index contributed by atoms with van der Waals surface area (Å²) in [5.74, 6) is -0.458. The first-order valence-corrected chi connectivity index (χ1v) is 2.08. The van der Waals surface area contributed by atoms with E-state index >= 15 is 0 Å². The molecular formula is C4H5NO3. The first-order valence-electron chi connectivity index (χ1n) is 2.08. The van der Waals surface area contributed by atoms with Gasteiger partial charge >= 0.3 is 5.97 Å². The van der Waals surface area contributed by atoms with Gasteiger partial charge in [-0.15, -0.1) is 0 Å². The van der Waals surface area contributed by atoms with E-state index in [9.17, 15) is 4.79 Å². The maximum atomic E-state index is 10.3.